The zero-order valence-corrected chi connectivity index (χ0v) is 19.9. The number of furan rings is 1. The van der Waals surface area contributed by atoms with Crippen molar-refractivity contribution in [3.8, 4) is 22.7 Å². The van der Waals surface area contributed by atoms with Crippen LogP contribution >= 0.6 is 0 Å². The fraction of sp³-hybridized carbons (Fsp3) is 0.250. The third-order valence-corrected chi connectivity index (χ3v) is 6.95. The number of imidazole rings is 1. The molecule has 1 saturated heterocycles. The average molecular weight is 466 g/mol. The van der Waals surface area contributed by atoms with Crippen molar-refractivity contribution in [3.05, 3.63) is 78.5 Å². The third kappa shape index (κ3) is 3.98. The van der Waals surface area contributed by atoms with E-state index in [0.29, 0.717) is 11.6 Å². The number of carbonyl (C=O) groups excluding carboxylic acids is 1. The molecule has 4 heterocycles. The van der Waals surface area contributed by atoms with Crippen molar-refractivity contribution in [2.24, 2.45) is 0 Å². The minimum Gasteiger partial charge on any atom is -0.454 e. The first kappa shape index (κ1) is 21.6. The van der Waals surface area contributed by atoms with E-state index in [0.717, 1.165) is 65.3 Å². The van der Waals surface area contributed by atoms with Gasteiger partial charge >= 0.3 is 0 Å². The molecule has 0 N–H and O–H groups in total. The van der Waals surface area contributed by atoms with Gasteiger partial charge in [0.05, 0.1) is 11.9 Å². The molecule has 35 heavy (non-hydrogen) atoms. The summed E-state index contributed by atoms with van der Waals surface area (Å²) >= 11 is 0. The Hall–Kier alpha value is -3.97. The molecule has 2 aromatic carbocycles. The van der Waals surface area contributed by atoms with Crippen molar-refractivity contribution < 1.29 is 9.21 Å². The molecule has 0 bridgehead atoms. The van der Waals surface area contributed by atoms with Crippen LogP contribution in [0.25, 0.3) is 39.3 Å². The van der Waals surface area contributed by atoms with E-state index in [1.54, 1.807) is 10.7 Å². The number of rotatable bonds is 4. The van der Waals surface area contributed by atoms with Crippen LogP contribution in [0.15, 0.2) is 77.3 Å². The molecule has 0 saturated carbocycles. The van der Waals surface area contributed by atoms with Gasteiger partial charge < -0.3 is 14.2 Å². The van der Waals surface area contributed by atoms with Gasteiger partial charge in [-0.15, -0.1) is 0 Å². The molecule has 7 heteroatoms. The van der Waals surface area contributed by atoms with Crippen LogP contribution in [0.5, 0.6) is 0 Å². The monoisotopic (exact) mass is 465 g/mol. The third-order valence-electron chi connectivity index (χ3n) is 6.95. The van der Waals surface area contributed by atoms with E-state index in [1.165, 1.54) is 0 Å². The van der Waals surface area contributed by atoms with E-state index in [2.05, 4.69) is 24.0 Å². The summed E-state index contributed by atoms with van der Waals surface area (Å²) in [5, 5.41) is 5.88. The molecule has 0 aliphatic carbocycles. The van der Waals surface area contributed by atoms with Crippen molar-refractivity contribution in [3.63, 3.8) is 0 Å². The topological polar surface area (TPSA) is 66.9 Å². The van der Waals surface area contributed by atoms with Gasteiger partial charge in [-0.1, -0.05) is 30.3 Å². The van der Waals surface area contributed by atoms with Gasteiger partial charge in [0.15, 0.2) is 11.4 Å². The zero-order valence-electron chi connectivity index (χ0n) is 19.9. The Morgan fingerprint density at radius 3 is 2.51 bits per heavy atom. The Kier molecular flexibility index (Phi) is 5.34. The number of benzene rings is 2. The highest BCUT2D eigenvalue weighted by atomic mass is 16.3. The number of carbonyl (C=O) groups is 1. The average Bonchev–Trinajstić information content (AvgIpc) is 3.52. The number of hydrogen-bond donors (Lipinski definition) is 0. The highest BCUT2D eigenvalue weighted by molar-refractivity contribution is 5.94. The largest absolute Gasteiger partial charge is 0.454 e. The van der Waals surface area contributed by atoms with Crippen LogP contribution in [0.3, 0.4) is 0 Å². The number of piperidine rings is 1. The second kappa shape index (κ2) is 8.67. The molecule has 0 atom stereocenters. The Balaban J connectivity index is 1.25. The quantitative estimate of drug-likeness (QED) is 0.375. The fourth-order valence-corrected chi connectivity index (χ4v) is 4.85. The number of amides is 1. The van der Waals surface area contributed by atoms with Crippen LogP contribution < -0.4 is 0 Å². The number of para-hydroxylation sites is 1. The Bertz CT molecular complexity index is 1470. The predicted molar refractivity (Wildman–Crippen MR) is 136 cm³/mol. The fourth-order valence-electron chi connectivity index (χ4n) is 4.85. The maximum absolute atomic E-state index is 13.0. The first-order valence-electron chi connectivity index (χ1n) is 12.0. The predicted octanol–water partition coefficient (Wildman–Crippen LogP) is 4.98. The molecular formula is C28H27N5O2. The lowest BCUT2D eigenvalue weighted by atomic mass is 10.0. The molecule has 1 amide bonds. The lowest BCUT2D eigenvalue weighted by molar-refractivity contribution is 0.0663. The molecule has 176 valence electrons. The van der Waals surface area contributed by atoms with Crippen molar-refractivity contribution >= 4 is 22.5 Å². The molecule has 6 rings (SSSR count). The molecule has 0 spiro atoms. The maximum atomic E-state index is 13.0. The van der Waals surface area contributed by atoms with E-state index in [4.69, 9.17) is 9.52 Å². The molecule has 0 radical (unpaired) electrons. The molecule has 5 aromatic rings. The molecule has 1 aliphatic rings. The summed E-state index contributed by atoms with van der Waals surface area (Å²) in [5.74, 6) is 0.821. The number of hydrogen-bond acceptors (Lipinski definition) is 5. The minimum absolute atomic E-state index is 0.0962. The summed E-state index contributed by atoms with van der Waals surface area (Å²) in [6.45, 7) is 1.60. The van der Waals surface area contributed by atoms with Crippen LogP contribution in [0.4, 0.5) is 0 Å². The zero-order chi connectivity index (χ0) is 23.9. The Morgan fingerprint density at radius 2 is 1.77 bits per heavy atom. The van der Waals surface area contributed by atoms with Gasteiger partial charge in [-0.05, 0) is 63.3 Å². The van der Waals surface area contributed by atoms with Gasteiger partial charge in [0.25, 0.3) is 5.91 Å². The van der Waals surface area contributed by atoms with Crippen molar-refractivity contribution in [1.29, 1.82) is 0 Å². The minimum atomic E-state index is 0.0962. The number of nitrogens with zero attached hydrogens (tertiary/aromatic N) is 5. The van der Waals surface area contributed by atoms with Crippen LogP contribution in [0.1, 0.15) is 23.2 Å². The van der Waals surface area contributed by atoms with Crippen LogP contribution in [0.2, 0.25) is 0 Å². The van der Waals surface area contributed by atoms with E-state index < -0.39 is 0 Å². The van der Waals surface area contributed by atoms with E-state index in [1.807, 2.05) is 71.6 Å². The molecule has 1 fully saturated rings. The molecule has 3 aromatic heterocycles. The smallest absolute Gasteiger partial charge is 0.253 e. The first-order valence-corrected chi connectivity index (χ1v) is 12.0. The van der Waals surface area contributed by atoms with Gasteiger partial charge in [-0.2, -0.15) is 5.10 Å². The maximum Gasteiger partial charge on any atom is 0.253 e. The molecule has 0 unspecified atom stereocenters. The van der Waals surface area contributed by atoms with Crippen LogP contribution in [0, 0.1) is 0 Å². The van der Waals surface area contributed by atoms with Crippen LogP contribution in [-0.2, 0) is 0 Å². The van der Waals surface area contributed by atoms with E-state index in [-0.39, 0.29) is 5.91 Å². The van der Waals surface area contributed by atoms with Crippen molar-refractivity contribution in [2.45, 2.75) is 18.9 Å². The molecule has 7 nitrogen and oxygen atoms in total. The number of likely N-dealkylation sites (tertiary alicyclic amines) is 1. The standard InChI is InChI=1S/C28H27N5O2/c1-31(2)22-13-15-32(16-14-22)28(34)20-9-7-19(8-10-20)23-11-12-27-29-18-24(33(27)30-23)26-17-21-5-3-4-6-25(21)35-26/h3-12,17-18,22H,13-16H2,1-2H3. The second-order valence-corrected chi connectivity index (χ2v) is 9.34. The summed E-state index contributed by atoms with van der Waals surface area (Å²) in [4.78, 5) is 21.7. The summed E-state index contributed by atoms with van der Waals surface area (Å²) in [6.07, 6.45) is 3.81. The normalized spacial score (nSPS) is 14.9. The summed E-state index contributed by atoms with van der Waals surface area (Å²) in [5.41, 5.74) is 4.84. The lowest BCUT2D eigenvalue weighted by Crippen LogP contribution is -2.44. The van der Waals surface area contributed by atoms with Gasteiger partial charge in [0, 0.05) is 35.6 Å². The van der Waals surface area contributed by atoms with Crippen molar-refractivity contribution in [2.75, 3.05) is 27.2 Å². The van der Waals surface area contributed by atoms with Gasteiger partial charge in [0.1, 0.15) is 11.3 Å². The van der Waals surface area contributed by atoms with E-state index >= 15 is 0 Å². The molecule has 1 aliphatic heterocycles. The van der Waals surface area contributed by atoms with Gasteiger partial charge in [-0.3, -0.25) is 4.79 Å². The second-order valence-electron chi connectivity index (χ2n) is 9.34. The summed E-state index contributed by atoms with van der Waals surface area (Å²) in [7, 11) is 4.21. The first-order chi connectivity index (χ1) is 17.1. The Morgan fingerprint density at radius 1 is 1.00 bits per heavy atom. The van der Waals surface area contributed by atoms with Crippen LogP contribution in [-0.4, -0.2) is 63.5 Å². The van der Waals surface area contributed by atoms with Gasteiger partial charge in [0.2, 0.25) is 0 Å². The lowest BCUT2D eigenvalue weighted by Gasteiger charge is -2.35. The SMILES string of the molecule is CN(C)C1CCN(C(=O)c2ccc(-c3ccc4ncc(-c5cc6ccccc6o5)n4n3)cc2)CC1. The highest BCUT2D eigenvalue weighted by Gasteiger charge is 2.24. The van der Waals surface area contributed by atoms with E-state index in [9.17, 15) is 4.79 Å². The number of aromatic nitrogens is 3. The Labute approximate surface area is 203 Å². The van der Waals surface area contributed by atoms with Crippen molar-refractivity contribution in [1.82, 2.24) is 24.4 Å². The summed E-state index contributed by atoms with van der Waals surface area (Å²) < 4.78 is 7.85. The number of fused-ring (bicyclic) bond motifs is 2. The summed E-state index contributed by atoms with van der Waals surface area (Å²) in [6, 6.07) is 22.1. The molecular weight excluding hydrogens is 438 g/mol. The van der Waals surface area contributed by atoms with Gasteiger partial charge in [-0.25, -0.2) is 9.50 Å². The highest BCUT2D eigenvalue weighted by Crippen LogP contribution is 2.29.